The minimum absolute atomic E-state index is 0.167. The molecule has 0 spiro atoms. The molecule has 0 fully saturated rings. The van der Waals surface area contributed by atoms with Crippen LogP contribution in [0.15, 0.2) is 64.2 Å². The summed E-state index contributed by atoms with van der Waals surface area (Å²) in [6.07, 6.45) is -3.85. The van der Waals surface area contributed by atoms with E-state index >= 15 is 0 Å². The summed E-state index contributed by atoms with van der Waals surface area (Å²) in [6, 6.07) is 10.3. The molecular weight excluding hydrogens is 441 g/mol. The van der Waals surface area contributed by atoms with Crippen LogP contribution in [0.3, 0.4) is 0 Å². The fourth-order valence-electron chi connectivity index (χ4n) is 2.42. The molecule has 0 unspecified atom stereocenters. The van der Waals surface area contributed by atoms with Crippen LogP contribution in [-0.4, -0.2) is 37.4 Å². The first-order valence-electron chi connectivity index (χ1n) is 8.64. The van der Waals surface area contributed by atoms with E-state index in [-0.39, 0.29) is 17.9 Å². The second-order valence-electron chi connectivity index (χ2n) is 6.04. The minimum Gasteiger partial charge on any atom is -0.423 e. The quantitative estimate of drug-likeness (QED) is 0.534. The molecule has 0 atom stereocenters. The lowest BCUT2D eigenvalue weighted by atomic mass is 10.2. The Kier molecular flexibility index (Phi) is 6.56. The zero-order chi connectivity index (χ0) is 22.5. The Balaban J connectivity index is 1.49. The van der Waals surface area contributed by atoms with Gasteiger partial charge in [-0.2, -0.15) is 0 Å². The third kappa shape index (κ3) is 6.52. The summed E-state index contributed by atoms with van der Waals surface area (Å²) in [5.74, 6) is -0.664. The van der Waals surface area contributed by atoms with Crippen molar-refractivity contribution in [2.24, 2.45) is 0 Å². The highest BCUT2D eigenvalue weighted by atomic mass is 32.2. The molecule has 164 valence electrons. The van der Waals surface area contributed by atoms with Gasteiger partial charge in [-0.25, -0.2) is 13.1 Å². The van der Waals surface area contributed by atoms with Crippen molar-refractivity contribution < 1.29 is 35.5 Å². The number of ether oxygens (including phenoxy) is 1. The molecule has 0 saturated heterocycles. The van der Waals surface area contributed by atoms with Crippen LogP contribution in [0.2, 0.25) is 0 Å². The second kappa shape index (κ2) is 9.14. The number of anilines is 1. The highest BCUT2D eigenvalue weighted by molar-refractivity contribution is 7.89. The standard InChI is InChI=1S/C18H15F3N4O5S/c19-18(20,21)30-14-5-7-15(8-6-14)31(27,28)23-10-9-16(26)24-13-3-1-12(2-4-13)17-25-22-11-29-17/h1-8,11,23H,9-10H2,(H,24,26). The van der Waals surface area contributed by atoms with Gasteiger partial charge in [0.1, 0.15) is 5.75 Å². The summed E-state index contributed by atoms with van der Waals surface area (Å²) < 4.78 is 71.8. The lowest BCUT2D eigenvalue weighted by molar-refractivity contribution is -0.274. The van der Waals surface area contributed by atoms with Crippen molar-refractivity contribution in [3.05, 3.63) is 54.9 Å². The lowest BCUT2D eigenvalue weighted by Crippen LogP contribution is -2.27. The smallest absolute Gasteiger partial charge is 0.423 e. The van der Waals surface area contributed by atoms with Gasteiger partial charge < -0.3 is 14.5 Å². The van der Waals surface area contributed by atoms with E-state index in [1.165, 1.54) is 6.39 Å². The molecule has 0 saturated carbocycles. The Labute approximate surface area is 174 Å². The number of carbonyl (C=O) groups excluding carboxylic acids is 1. The van der Waals surface area contributed by atoms with Gasteiger partial charge in [0.15, 0.2) is 0 Å². The summed E-state index contributed by atoms with van der Waals surface area (Å²) in [6.45, 7) is -0.213. The van der Waals surface area contributed by atoms with Crippen LogP contribution in [0.1, 0.15) is 6.42 Å². The van der Waals surface area contributed by atoms with Crippen LogP contribution in [0.5, 0.6) is 5.75 Å². The number of halogens is 3. The van der Waals surface area contributed by atoms with Crippen LogP contribution in [0.25, 0.3) is 11.5 Å². The predicted octanol–water partition coefficient (Wildman–Crippen LogP) is 2.94. The minimum atomic E-state index is -4.88. The maximum atomic E-state index is 12.2. The number of alkyl halides is 3. The van der Waals surface area contributed by atoms with Gasteiger partial charge in [-0.05, 0) is 48.5 Å². The Bertz CT molecular complexity index is 1120. The topological polar surface area (TPSA) is 123 Å². The maximum absolute atomic E-state index is 12.2. The van der Waals surface area contributed by atoms with Gasteiger partial charge in [0, 0.05) is 24.2 Å². The number of hydrogen-bond acceptors (Lipinski definition) is 7. The number of aromatic nitrogens is 2. The molecule has 0 aliphatic heterocycles. The van der Waals surface area contributed by atoms with Crippen molar-refractivity contribution in [1.82, 2.24) is 14.9 Å². The van der Waals surface area contributed by atoms with Gasteiger partial charge in [0.2, 0.25) is 28.2 Å². The normalized spacial score (nSPS) is 11.8. The number of hydrogen-bond donors (Lipinski definition) is 2. The largest absolute Gasteiger partial charge is 0.573 e. The van der Waals surface area contributed by atoms with Gasteiger partial charge in [-0.15, -0.1) is 23.4 Å². The van der Waals surface area contributed by atoms with E-state index in [4.69, 9.17) is 4.42 Å². The van der Waals surface area contributed by atoms with E-state index in [1.54, 1.807) is 24.3 Å². The molecule has 0 aliphatic carbocycles. The zero-order valence-corrected chi connectivity index (χ0v) is 16.4. The lowest BCUT2D eigenvalue weighted by Gasteiger charge is -2.10. The maximum Gasteiger partial charge on any atom is 0.573 e. The SMILES string of the molecule is O=C(CCNS(=O)(=O)c1ccc(OC(F)(F)F)cc1)Nc1ccc(-c2nnco2)cc1. The van der Waals surface area contributed by atoms with E-state index in [0.29, 0.717) is 17.1 Å². The first-order valence-corrected chi connectivity index (χ1v) is 10.1. The van der Waals surface area contributed by atoms with Gasteiger partial charge in [0.25, 0.3) is 0 Å². The van der Waals surface area contributed by atoms with E-state index in [9.17, 15) is 26.4 Å². The Morgan fingerprint density at radius 1 is 1.06 bits per heavy atom. The first-order chi connectivity index (χ1) is 14.6. The second-order valence-corrected chi connectivity index (χ2v) is 7.80. The van der Waals surface area contributed by atoms with Crippen LogP contribution in [0.4, 0.5) is 18.9 Å². The van der Waals surface area contributed by atoms with Crippen molar-refractivity contribution in [1.29, 1.82) is 0 Å². The molecule has 2 N–H and O–H groups in total. The third-order valence-electron chi connectivity index (χ3n) is 3.79. The first kappa shape index (κ1) is 22.2. The van der Waals surface area contributed by atoms with Crippen molar-refractivity contribution in [3.63, 3.8) is 0 Å². The predicted molar refractivity (Wildman–Crippen MR) is 101 cm³/mol. The number of benzene rings is 2. The Morgan fingerprint density at radius 2 is 1.74 bits per heavy atom. The van der Waals surface area contributed by atoms with E-state index in [2.05, 4.69) is 25.0 Å². The molecule has 2 aromatic carbocycles. The Morgan fingerprint density at radius 3 is 2.32 bits per heavy atom. The van der Waals surface area contributed by atoms with Crippen molar-refractivity contribution in [2.45, 2.75) is 17.7 Å². The van der Waals surface area contributed by atoms with Crippen molar-refractivity contribution in [3.8, 4) is 17.2 Å². The monoisotopic (exact) mass is 456 g/mol. The number of nitrogens with zero attached hydrogens (tertiary/aromatic N) is 2. The number of nitrogens with one attached hydrogen (secondary N) is 2. The summed E-state index contributed by atoms with van der Waals surface area (Å²) >= 11 is 0. The van der Waals surface area contributed by atoms with Crippen LogP contribution in [-0.2, 0) is 14.8 Å². The molecule has 1 amide bonds. The summed E-state index contributed by atoms with van der Waals surface area (Å²) in [4.78, 5) is 11.8. The van der Waals surface area contributed by atoms with E-state index in [0.717, 1.165) is 24.3 Å². The highest BCUT2D eigenvalue weighted by Gasteiger charge is 2.31. The fourth-order valence-corrected chi connectivity index (χ4v) is 3.45. The third-order valence-corrected chi connectivity index (χ3v) is 5.26. The summed E-state index contributed by atoms with van der Waals surface area (Å²) in [5, 5.41) is 9.94. The van der Waals surface area contributed by atoms with Crippen molar-refractivity contribution >= 4 is 21.6 Å². The number of sulfonamides is 1. The molecule has 3 aromatic rings. The van der Waals surface area contributed by atoms with Gasteiger partial charge >= 0.3 is 6.36 Å². The number of amides is 1. The highest BCUT2D eigenvalue weighted by Crippen LogP contribution is 2.24. The van der Waals surface area contributed by atoms with Gasteiger partial charge in [0.05, 0.1) is 4.90 Å². The molecule has 13 heteroatoms. The van der Waals surface area contributed by atoms with E-state index in [1.807, 2.05) is 0 Å². The van der Waals surface area contributed by atoms with E-state index < -0.39 is 28.0 Å². The van der Waals surface area contributed by atoms with Crippen LogP contribution < -0.4 is 14.8 Å². The molecule has 0 bridgehead atoms. The average Bonchev–Trinajstić information content (AvgIpc) is 3.22. The van der Waals surface area contributed by atoms with Crippen LogP contribution >= 0.6 is 0 Å². The summed E-state index contributed by atoms with van der Waals surface area (Å²) in [5.41, 5.74) is 1.14. The van der Waals surface area contributed by atoms with Crippen LogP contribution in [0, 0.1) is 0 Å². The molecule has 1 aromatic heterocycles. The number of carbonyl (C=O) groups is 1. The zero-order valence-electron chi connectivity index (χ0n) is 15.6. The van der Waals surface area contributed by atoms with Gasteiger partial charge in [-0.3, -0.25) is 4.79 Å². The van der Waals surface area contributed by atoms with Gasteiger partial charge in [-0.1, -0.05) is 0 Å². The molecule has 9 nitrogen and oxygen atoms in total. The van der Waals surface area contributed by atoms with Crippen molar-refractivity contribution in [2.75, 3.05) is 11.9 Å². The molecule has 31 heavy (non-hydrogen) atoms. The molecule has 0 radical (unpaired) electrons. The Hall–Kier alpha value is -3.45. The molecule has 1 heterocycles. The average molecular weight is 456 g/mol. The molecule has 3 rings (SSSR count). The molecule has 0 aliphatic rings. The fraction of sp³-hybridized carbons (Fsp3) is 0.167. The summed E-state index contributed by atoms with van der Waals surface area (Å²) in [7, 11) is -4.01. The number of rotatable bonds is 8. The molecular formula is C18H15F3N4O5S.